The molecule has 1 N–H and O–H groups in total. The van der Waals surface area contributed by atoms with Crippen LogP contribution < -0.4 is 10.2 Å². The van der Waals surface area contributed by atoms with Crippen LogP contribution in [-0.4, -0.2) is 118 Å². The van der Waals surface area contributed by atoms with Crippen molar-refractivity contribution < 1.29 is 17.9 Å². The topological polar surface area (TPSA) is 88.7 Å². The van der Waals surface area contributed by atoms with Crippen LogP contribution >= 0.6 is 0 Å². The molecule has 3 heterocycles. The van der Waals surface area contributed by atoms with Gasteiger partial charge in [0.1, 0.15) is 0 Å². The van der Waals surface area contributed by atoms with Crippen LogP contribution in [0.5, 0.6) is 0 Å². The Bertz CT molecular complexity index is 876. The fourth-order valence-electron chi connectivity index (χ4n) is 4.42. The van der Waals surface area contributed by atoms with E-state index in [0.717, 1.165) is 44.1 Å². The van der Waals surface area contributed by atoms with Crippen molar-refractivity contribution in [2.45, 2.75) is 6.92 Å². The van der Waals surface area contributed by atoms with Crippen LogP contribution in [0.2, 0.25) is 0 Å². The number of nitrogens with one attached hydrogen (secondary N) is 1. The molecule has 32 heavy (non-hydrogen) atoms. The van der Waals surface area contributed by atoms with Gasteiger partial charge >= 0.3 is 6.03 Å². The second-order valence-electron chi connectivity index (χ2n) is 8.27. The zero-order valence-corrected chi connectivity index (χ0v) is 19.6. The summed E-state index contributed by atoms with van der Waals surface area (Å²) in [6.45, 7) is 10.1. The summed E-state index contributed by atoms with van der Waals surface area (Å²) in [6, 6.07) is 7.71. The number of rotatable bonds is 5. The molecule has 10 nitrogen and oxygen atoms in total. The Labute approximate surface area is 190 Å². The van der Waals surface area contributed by atoms with Crippen molar-refractivity contribution in [1.29, 1.82) is 0 Å². The minimum absolute atomic E-state index is 0.187. The minimum atomic E-state index is -3.50. The lowest BCUT2D eigenvalue weighted by Gasteiger charge is -2.38. The standard InChI is InChI=1S/C21H34N6O4S/c1-2-23-7-9-24(10-8-23)20-6-4-3-5-19(20)22-21(28)25-11-13-26(14-12-25)32(29,30)27-15-17-31-18-16-27/h3-6H,2,7-18H2,1H3,(H,22,28). The first kappa shape index (κ1) is 23.2. The van der Waals surface area contributed by atoms with Gasteiger partial charge in [0.25, 0.3) is 10.2 Å². The van der Waals surface area contributed by atoms with Crippen LogP contribution in [-0.2, 0) is 14.9 Å². The van der Waals surface area contributed by atoms with Gasteiger partial charge in [-0.05, 0) is 18.7 Å². The fourth-order valence-corrected chi connectivity index (χ4v) is 5.98. The number of piperazine rings is 2. The highest BCUT2D eigenvalue weighted by Gasteiger charge is 2.34. The summed E-state index contributed by atoms with van der Waals surface area (Å²) < 4.78 is 33.9. The van der Waals surface area contributed by atoms with Crippen LogP contribution in [0.25, 0.3) is 0 Å². The van der Waals surface area contributed by atoms with E-state index in [-0.39, 0.29) is 6.03 Å². The zero-order chi connectivity index (χ0) is 22.6. The van der Waals surface area contributed by atoms with Crippen molar-refractivity contribution >= 4 is 27.6 Å². The highest BCUT2D eigenvalue weighted by Crippen LogP contribution is 2.27. The zero-order valence-electron chi connectivity index (χ0n) is 18.8. The number of ether oxygens (including phenoxy) is 1. The van der Waals surface area contributed by atoms with Crippen molar-refractivity contribution in [3.63, 3.8) is 0 Å². The highest BCUT2D eigenvalue weighted by atomic mass is 32.2. The van der Waals surface area contributed by atoms with Gasteiger partial charge in [-0.25, -0.2) is 4.79 Å². The Kier molecular flexibility index (Phi) is 7.51. The highest BCUT2D eigenvalue weighted by molar-refractivity contribution is 7.86. The lowest BCUT2D eigenvalue weighted by molar-refractivity contribution is 0.0691. The Morgan fingerprint density at radius 2 is 1.53 bits per heavy atom. The largest absolute Gasteiger partial charge is 0.379 e. The lowest BCUT2D eigenvalue weighted by atomic mass is 10.2. The van der Waals surface area contributed by atoms with E-state index in [1.165, 1.54) is 8.61 Å². The molecule has 3 aliphatic heterocycles. The van der Waals surface area contributed by atoms with Gasteiger partial charge in [-0.1, -0.05) is 19.1 Å². The second kappa shape index (κ2) is 10.3. The maximum atomic E-state index is 13.0. The van der Waals surface area contributed by atoms with Crippen LogP contribution in [0.15, 0.2) is 24.3 Å². The summed E-state index contributed by atoms with van der Waals surface area (Å²) in [5, 5.41) is 3.06. The molecule has 1 aromatic rings. The monoisotopic (exact) mass is 466 g/mol. The van der Waals surface area contributed by atoms with Gasteiger partial charge in [0.2, 0.25) is 0 Å². The number of carbonyl (C=O) groups excluding carboxylic acids is 1. The molecule has 3 saturated heterocycles. The number of hydrogen-bond acceptors (Lipinski definition) is 6. The molecular weight excluding hydrogens is 432 g/mol. The molecule has 4 rings (SSSR count). The van der Waals surface area contributed by atoms with Crippen molar-refractivity contribution in [1.82, 2.24) is 18.4 Å². The minimum Gasteiger partial charge on any atom is -0.379 e. The van der Waals surface area contributed by atoms with E-state index in [0.29, 0.717) is 52.5 Å². The molecule has 0 bridgehead atoms. The van der Waals surface area contributed by atoms with E-state index in [2.05, 4.69) is 22.0 Å². The molecule has 0 aromatic heterocycles. The Morgan fingerprint density at radius 3 is 2.19 bits per heavy atom. The predicted molar refractivity (Wildman–Crippen MR) is 124 cm³/mol. The van der Waals surface area contributed by atoms with E-state index in [4.69, 9.17) is 4.74 Å². The molecule has 178 valence electrons. The van der Waals surface area contributed by atoms with Gasteiger partial charge in [0.05, 0.1) is 24.6 Å². The van der Waals surface area contributed by atoms with Crippen molar-refractivity contribution in [3.05, 3.63) is 24.3 Å². The molecule has 3 fully saturated rings. The maximum absolute atomic E-state index is 13.0. The summed E-state index contributed by atoms with van der Waals surface area (Å²) in [6.07, 6.45) is 0. The number of morpholine rings is 1. The van der Waals surface area contributed by atoms with Crippen molar-refractivity contribution in [3.8, 4) is 0 Å². The smallest absolute Gasteiger partial charge is 0.321 e. The van der Waals surface area contributed by atoms with Crippen LogP contribution in [0.1, 0.15) is 6.92 Å². The first-order chi connectivity index (χ1) is 15.5. The summed E-state index contributed by atoms with van der Waals surface area (Å²) >= 11 is 0. The van der Waals surface area contributed by atoms with E-state index >= 15 is 0 Å². The van der Waals surface area contributed by atoms with Gasteiger partial charge in [-0.3, -0.25) is 0 Å². The Morgan fingerprint density at radius 1 is 0.906 bits per heavy atom. The quantitative estimate of drug-likeness (QED) is 0.682. The third-order valence-electron chi connectivity index (χ3n) is 6.45. The molecule has 0 saturated carbocycles. The number of para-hydroxylation sites is 2. The molecule has 0 aliphatic carbocycles. The van der Waals surface area contributed by atoms with Crippen molar-refractivity contribution in [2.75, 3.05) is 95.4 Å². The van der Waals surface area contributed by atoms with Crippen LogP contribution in [0, 0.1) is 0 Å². The van der Waals surface area contributed by atoms with Gasteiger partial charge in [0.15, 0.2) is 0 Å². The SMILES string of the molecule is CCN1CCN(c2ccccc2NC(=O)N2CCN(S(=O)(=O)N3CCOCC3)CC2)CC1. The number of hydrogen-bond donors (Lipinski definition) is 1. The first-order valence-electron chi connectivity index (χ1n) is 11.4. The number of benzene rings is 1. The Balaban J connectivity index is 1.34. The van der Waals surface area contributed by atoms with E-state index < -0.39 is 10.2 Å². The molecule has 0 spiro atoms. The van der Waals surface area contributed by atoms with Gasteiger partial charge in [-0.2, -0.15) is 17.0 Å². The lowest BCUT2D eigenvalue weighted by Crippen LogP contribution is -2.56. The van der Waals surface area contributed by atoms with Crippen molar-refractivity contribution in [2.24, 2.45) is 0 Å². The average molecular weight is 467 g/mol. The van der Waals surface area contributed by atoms with Crippen LogP contribution in [0.4, 0.5) is 16.2 Å². The summed E-state index contributed by atoms with van der Waals surface area (Å²) in [5.41, 5.74) is 1.83. The summed E-state index contributed by atoms with van der Waals surface area (Å²) in [4.78, 5) is 19.4. The molecular formula is C21H34N6O4S. The van der Waals surface area contributed by atoms with E-state index in [1.807, 2.05) is 24.3 Å². The number of nitrogens with zero attached hydrogens (tertiary/aromatic N) is 5. The number of anilines is 2. The third-order valence-corrected chi connectivity index (χ3v) is 8.49. The number of urea groups is 1. The first-order valence-corrected chi connectivity index (χ1v) is 12.8. The number of likely N-dealkylation sites (N-methyl/N-ethyl adjacent to an activating group) is 1. The van der Waals surface area contributed by atoms with E-state index in [9.17, 15) is 13.2 Å². The summed E-state index contributed by atoms with van der Waals surface area (Å²) in [5.74, 6) is 0. The fraction of sp³-hybridized carbons (Fsp3) is 0.667. The van der Waals surface area contributed by atoms with E-state index in [1.54, 1.807) is 4.90 Å². The Hall–Kier alpha value is -1.92. The van der Waals surface area contributed by atoms with Gasteiger partial charge in [0, 0.05) is 65.4 Å². The summed E-state index contributed by atoms with van der Waals surface area (Å²) in [7, 11) is -3.50. The molecule has 1 aromatic carbocycles. The molecule has 0 unspecified atom stereocenters. The molecule has 0 radical (unpaired) electrons. The molecule has 11 heteroatoms. The molecule has 2 amide bonds. The normalized spacial score (nSPS) is 22.2. The third kappa shape index (κ3) is 5.18. The number of carbonyl (C=O) groups is 1. The van der Waals surface area contributed by atoms with Gasteiger partial charge < -0.3 is 24.8 Å². The molecule has 0 atom stereocenters. The second-order valence-corrected chi connectivity index (χ2v) is 10.2. The maximum Gasteiger partial charge on any atom is 0.321 e. The average Bonchev–Trinajstić information content (AvgIpc) is 2.85. The predicted octanol–water partition coefficient (Wildman–Crippen LogP) is 0.555. The molecule has 3 aliphatic rings. The number of amides is 2. The van der Waals surface area contributed by atoms with Crippen LogP contribution in [0.3, 0.4) is 0 Å². The van der Waals surface area contributed by atoms with Gasteiger partial charge in [-0.15, -0.1) is 0 Å².